The van der Waals surface area contributed by atoms with E-state index in [0.717, 1.165) is 17.8 Å². The first-order valence-electron chi connectivity index (χ1n) is 7.99. The number of anilines is 1. The molecule has 7 nitrogen and oxygen atoms in total. The summed E-state index contributed by atoms with van der Waals surface area (Å²) in [5, 5.41) is 5.96. The first-order chi connectivity index (χ1) is 11.7. The highest BCUT2D eigenvalue weighted by Gasteiger charge is 2.21. The Hall–Kier alpha value is -2.51. The second-order valence-corrected chi connectivity index (χ2v) is 5.57. The third-order valence-corrected chi connectivity index (χ3v) is 3.78. The molecule has 1 saturated heterocycles. The minimum atomic E-state index is -0.497. The number of aromatic amines is 1. The van der Waals surface area contributed by atoms with Crippen LogP contribution in [0.25, 0.3) is 11.4 Å². The lowest BCUT2D eigenvalue weighted by atomic mass is 10.1. The summed E-state index contributed by atoms with van der Waals surface area (Å²) in [4.78, 5) is 31.1. The van der Waals surface area contributed by atoms with Crippen molar-refractivity contribution in [1.82, 2.24) is 15.3 Å². The van der Waals surface area contributed by atoms with Crippen LogP contribution in [0.3, 0.4) is 0 Å². The van der Waals surface area contributed by atoms with Gasteiger partial charge in [-0.1, -0.05) is 19.1 Å². The standard InChI is InChI=1S/C17H20N4O3/c1-2-12-9-15(22)21-16(19-12)11-4-3-5-13(8-11)20-17(23)14-10-18-6-7-24-14/h3-5,8-9,14,18H,2,6-7,10H2,1H3,(H,20,23)(H,19,21,22). The molecule has 1 unspecified atom stereocenters. The molecule has 3 N–H and O–H groups in total. The fourth-order valence-electron chi connectivity index (χ4n) is 2.53. The molecule has 1 aromatic heterocycles. The monoisotopic (exact) mass is 328 g/mol. The molecule has 0 bridgehead atoms. The van der Waals surface area contributed by atoms with Crippen LogP contribution in [-0.4, -0.2) is 41.7 Å². The first-order valence-corrected chi connectivity index (χ1v) is 7.99. The Morgan fingerprint density at radius 1 is 1.42 bits per heavy atom. The van der Waals surface area contributed by atoms with Crippen LogP contribution in [0.15, 0.2) is 35.1 Å². The van der Waals surface area contributed by atoms with E-state index in [1.165, 1.54) is 6.07 Å². The van der Waals surface area contributed by atoms with Crippen LogP contribution < -0.4 is 16.2 Å². The molecular weight excluding hydrogens is 308 g/mol. The number of amides is 1. The number of nitrogens with zero attached hydrogens (tertiary/aromatic N) is 1. The number of benzene rings is 1. The van der Waals surface area contributed by atoms with Gasteiger partial charge in [-0.15, -0.1) is 0 Å². The zero-order chi connectivity index (χ0) is 16.9. The fourth-order valence-corrected chi connectivity index (χ4v) is 2.53. The normalized spacial score (nSPS) is 17.5. The van der Waals surface area contributed by atoms with E-state index in [4.69, 9.17) is 4.74 Å². The van der Waals surface area contributed by atoms with Gasteiger partial charge in [-0.25, -0.2) is 4.98 Å². The number of H-pyrrole nitrogens is 1. The smallest absolute Gasteiger partial charge is 0.254 e. The lowest BCUT2D eigenvalue weighted by Gasteiger charge is -2.22. The lowest BCUT2D eigenvalue weighted by molar-refractivity contribution is -0.128. The summed E-state index contributed by atoms with van der Waals surface area (Å²) in [7, 11) is 0. The zero-order valence-electron chi connectivity index (χ0n) is 13.5. The van der Waals surface area contributed by atoms with Crippen LogP contribution in [0.5, 0.6) is 0 Å². The number of aryl methyl sites for hydroxylation is 1. The van der Waals surface area contributed by atoms with E-state index in [2.05, 4.69) is 20.6 Å². The van der Waals surface area contributed by atoms with E-state index in [-0.39, 0.29) is 11.5 Å². The summed E-state index contributed by atoms with van der Waals surface area (Å²) in [6.07, 6.45) is 0.183. The van der Waals surface area contributed by atoms with Gasteiger partial charge in [-0.05, 0) is 18.6 Å². The molecule has 1 amide bonds. The van der Waals surface area contributed by atoms with Gasteiger partial charge in [0.25, 0.3) is 11.5 Å². The van der Waals surface area contributed by atoms with Gasteiger partial charge in [0.2, 0.25) is 0 Å². The molecule has 126 valence electrons. The number of carbonyl (C=O) groups excluding carboxylic acids is 1. The highest BCUT2D eigenvalue weighted by Crippen LogP contribution is 2.19. The van der Waals surface area contributed by atoms with Gasteiger partial charge >= 0.3 is 0 Å². The van der Waals surface area contributed by atoms with Gasteiger partial charge in [0.05, 0.1) is 6.61 Å². The van der Waals surface area contributed by atoms with Crippen molar-refractivity contribution in [1.29, 1.82) is 0 Å². The second-order valence-electron chi connectivity index (χ2n) is 5.57. The van der Waals surface area contributed by atoms with Crippen molar-refractivity contribution in [3.8, 4) is 11.4 Å². The van der Waals surface area contributed by atoms with Gasteiger partial charge in [-0.3, -0.25) is 9.59 Å². The number of morpholine rings is 1. The Labute approximate surface area is 139 Å². The highest BCUT2D eigenvalue weighted by atomic mass is 16.5. The Kier molecular flexibility index (Phi) is 5.02. The molecule has 1 aliphatic heterocycles. The lowest BCUT2D eigenvalue weighted by Crippen LogP contribution is -2.45. The number of hydrogen-bond acceptors (Lipinski definition) is 5. The first kappa shape index (κ1) is 16.4. The number of ether oxygens (including phenoxy) is 1. The Morgan fingerprint density at radius 2 is 2.29 bits per heavy atom. The molecule has 1 aromatic carbocycles. The molecular formula is C17H20N4O3. The number of nitrogens with one attached hydrogen (secondary N) is 3. The van der Waals surface area contributed by atoms with Crippen LogP contribution in [0.1, 0.15) is 12.6 Å². The summed E-state index contributed by atoms with van der Waals surface area (Å²) in [6.45, 7) is 3.72. The average Bonchev–Trinajstić information content (AvgIpc) is 2.62. The minimum Gasteiger partial charge on any atom is -0.366 e. The van der Waals surface area contributed by atoms with Gasteiger partial charge in [0.15, 0.2) is 0 Å². The largest absolute Gasteiger partial charge is 0.366 e. The molecule has 2 aromatic rings. The van der Waals surface area contributed by atoms with Crippen molar-refractivity contribution in [2.45, 2.75) is 19.4 Å². The van der Waals surface area contributed by atoms with Crippen molar-refractivity contribution in [2.24, 2.45) is 0 Å². The van der Waals surface area contributed by atoms with Crippen molar-refractivity contribution in [3.63, 3.8) is 0 Å². The van der Waals surface area contributed by atoms with Crippen molar-refractivity contribution >= 4 is 11.6 Å². The molecule has 1 fully saturated rings. The summed E-state index contributed by atoms with van der Waals surface area (Å²) >= 11 is 0. The molecule has 24 heavy (non-hydrogen) atoms. The molecule has 1 atom stereocenters. The molecule has 7 heteroatoms. The highest BCUT2D eigenvalue weighted by molar-refractivity contribution is 5.94. The number of rotatable bonds is 4. The van der Waals surface area contributed by atoms with Crippen molar-refractivity contribution in [3.05, 3.63) is 46.4 Å². The zero-order valence-corrected chi connectivity index (χ0v) is 13.5. The predicted molar refractivity (Wildman–Crippen MR) is 90.9 cm³/mol. The predicted octanol–water partition coefficient (Wildman–Crippen LogP) is 0.926. The van der Waals surface area contributed by atoms with Gasteiger partial charge in [0, 0.05) is 36.1 Å². The van der Waals surface area contributed by atoms with Crippen LogP contribution in [-0.2, 0) is 16.0 Å². The van der Waals surface area contributed by atoms with Crippen LogP contribution >= 0.6 is 0 Å². The van der Waals surface area contributed by atoms with Gasteiger partial charge in [-0.2, -0.15) is 0 Å². The maximum atomic E-state index is 12.2. The van der Waals surface area contributed by atoms with E-state index >= 15 is 0 Å². The summed E-state index contributed by atoms with van der Waals surface area (Å²) in [6, 6.07) is 8.71. The van der Waals surface area contributed by atoms with E-state index in [9.17, 15) is 9.59 Å². The fraction of sp³-hybridized carbons (Fsp3) is 0.353. The third kappa shape index (κ3) is 3.87. The molecule has 0 aliphatic carbocycles. The Bertz CT molecular complexity index is 781. The molecule has 0 spiro atoms. The SMILES string of the molecule is CCc1cc(=O)[nH]c(-c2cccc(NC(=O)C3CNCCO3)c2)n1. The maximum Gasteiger partial charge on any atom is 0.254 e. The summed E-state index contributed by atoms with van der Waals surface area (Å²) in [5.41, 5.74) is 1.91. The van der Waals surface area contributed by atoms with Crippen molar-refractivity contribution < 1.29 is 9.53 Å². The number of hydrogen-bond donors (Lipinski definition) is 3. The number of aromatic nitrogens is 2. The summed E-state index contributed by atoms with van der Waals surface area (Å²) in [5.74, 6) is 0.300. The van der Waals surface area contributed by atoms with Crippen LogP contribution in [0.4, 0.5) is 5.69 Å². The second kappa shape index (κ2) is 7.37. The Morgan fingerprint density at radius 3 is 3.04 bits per heavy atom. The van der Waals surface area contributed by atoms with Gasteiger partial charge < -0.3 is 20.4 Å². The number of carbonyl (C=O) groups is 1. The molecule has 3 rings (SSSR count). The van der Waals surface area contributed by atoms with Gasteiger partial charge in [0.1, 0.15) is 11.9 Å². The Balaban J connectivity index is 1.80. The van der Waals surface area contributed by atoms with Crippen molar-refractivity contribution in [2.75, 3.05) is 25.0 Å². The molecule has 1 aliphatic rings. The van der Waals surface area contributed by atoms with E-state index in [1.807, 2.05) is 19.1 Å². The topological polar surface area (TPSA) is 96.1 Å². The van der Waals surface area contributed by atoms with E-state index in [0.29, 0.717) is 31.1 Å². The molecule has 0 saturated carbocycles. The van der Waals surface area contributed by atoms with E-state index in [1.54, 1.807) is 12.1 Å². The molecule has 0 radical (unpaired) electrons. The average molecular weight is 328 g/mol. The van der Waals surface area contributed by atoms with Crippen LogP contribution in [0.2, 0.25) is 0 Å². The molecule has 2 heterocycles. The summed E-state index contributed by atoms with van der Waals surface area (Å²) < 4.78 is 5.44. The van der Waals surface area contributed by atoms with Crippen LogP contribution in [0, 0.1) is 0 Å². The minimum absolute atomic E-state index is 0.187. The van der Waals surface area contributed by atoms with E-state index < -0.39 is 6.10 Å². The third-order valence-electron chi connectivity index (χ3n) is 3.78. The maximum absolute atomic E-state index is 12.2. The quantitative estimate of drug-likeness (QED) is 0.776.